The normalized spacial score (nSPS) is 19.6. The molecule has 0 saturated carbocycles. The van der Waals surface area contributed by atoms with E-state index in [-0.39, 0.29) is 18.0 Å². The van der Waals surface area contributed by atoms with Crippen molar-refractivity contribution in [1.82, 2.24) is 9.80 Å². The van der Waals surface area contributed by atoms with Crippen LogP contribution in [0.2, 0.25) is 0 Å². The molecule has 100 valence electrons. The number of hydrogen-bond donors (Lipinski definition) is 1. The molecule has 1 N–H and O–H groups in total. The zero-order valence-corrected chi connectivity index (χ0v) is 11.4. The van der Waals surface area contributed by atoms with Gasteiger partial charge in [0.1, 0.15) is 0 Å². The molecule has 1 heterocycles. The van der Waals surface area contributed by atoms with Gasteiger partial charge in [-0.15, -0.1) is 0 Å². The van der Waals surface area contributed by atoms with Gasteiger partial charge in [0.25, 0.3) is 5.91 Å². The molecule has 0 aromatic heterocycles. The Labute approximate surface area is 108 Å². The second kappa shape index (κ2) is 5.40. The number of nitrogens with zero attached hydrogens (tertiary/aromatic N) is 2. The summed E-state index contributed by atoms with van der Waals surface area (Å²) >= 11 is 0. The van der Waals surface area contributed by atoms with Gasteiger partial charge >= 0.3 is 5.97 Å². The van der Waals surface area contributed by atoms with Crippen molar-refractivity contribution in [2.24, 2.45) is 5.92 Å². The quantitative estimate of drug-likeness (QED) is 0.716. The Morgan fingerprint density at radius 2 is 2.00 bits per heavy atom. The number of aliphatic carboxylic acids is 1. The third kappa shape index (κ3) is 3.47. The predicted octanol–water partition coefficient (Wildman–Crippen LogP) is 0.263. The number of likely N-dealkylation sites (tertiary alicyclic amines) is 1. The van der Waals surface area contributed by atoms with Gasteiger partial charge < -0.3 is 10.0 Å². The van der Waals surface area contributed by atoms with Crippen LogP contribution in [0.25, 0.3) is 0 Å². The number of carbonyl (C=O) groups excluding carboxylic acids is 1. The standard InChI is InChI=1S/C13H20N2O3/c1-13(2,14(3)4)7-5-11(16)15-8-6-10(9-15)12(17)18/h10H,6,8-9H2,1-4H3,(H,17,18)/t10-/m0/s1. The Bertz CT molecular complexity index is 404. The van der Waals surface area contributed by atoms with Gasteiger partial charge in [-0.3, -0.25) is 14.5 Å². The molecule has 5 nitrogen and oxygen atoms in total. The summed E-state index contributed by atoms with van der Waals surface area (Å²) in [5.41, 5.74) is -0.373. The molecule has 0 radical (unpaired) electrons. The number of hydrogen-bond acceptors (Lipinski definition) is 3. The summed E-state index contributed by atoms with van der Waals surface area (Å²) in [7, 11) is 3.80. The van der Waals surface area contributed by atoms with E-state index in [1.165, 1.54) is 4.90 Å². The highest BCUT2D eigenvalue weighted by atomic mass is 16.4. The van der Waals surface area contributed by atoms with Gasteiger partial charge in [0.05, 0.1) is 11.5 Å². The van der Waals surface area contributed by atoms with Gasteiger partial charge in [-0.25, -0.2) is 0 Å². The van der Waals surface area contributed by atoms with Crippen LogP contribution in [0.5, 0.6) is 0 Å². The summed E-state index contributed by atoms with van der Waals surface area (Å²) in [6, 6.07) is 0. The number of amides is 1. The maximum atomic E-state index is 11.8. The topological polar surface area (TPSA) is 60.9 Å². The second-order valence-electron chi connectivity index (χ2n) is 5.28. The lowest BCUT2D eigenvalue weighted by Crippen LogP contribution is -2.37. The number of rotatable bonds is 2. The van der Waals surface area contributed by atoms with Crippen LogP contribution in [0.3, 0.4) is 0 Å². The molecule has 1 rings (SSSR count). The molecule has 0 aromatic rings. The largest absolute Gasteiger partial charge is 0.481 e. The van der Waals surface area contributed by atoms with Crippen molar-refractivity contribution in [3.63, 3.8) is 0 Å². The van der Waals surface area contributed by atoms with Crippen LogP contribution in [0.15, 0.2) is 0 Å². The lowest BCUT2D eigenvalue weighted by molar-refractivity contribution is -0.141. The van der Waals surface area contributed by atoms with Crippen molar-refractivity contribution in [2.75, 3.05) is 27.2 Å². The van der Waals surface area contributed by atoms with Gasteiger partial charge in [0.15, 0.2) is 0 Å². The number of carboxylic acid groups (broad SMARTS) is 1. The molecule has 0 unspecified atom stereocenters. The minimum atomic E-state index is -0.841. The molecule has 0 spiro atoms. The maximum absolute atomic E-state index is 11.8. The molecule has 1 saturated heterocycles. The first-order valence-electron chi connectivity index (χ1n) is 5.96. The summed E-state index contributed by atoms with van der Waals surface area (Å²) in [4.78, 5) is 26.1. The summed E-state index contributed by atoms with van der Waals surface area (Å²) in [5, 5.41) is 8.86. The van der Waals surface area contributed by atoms with E-state index in [2.05, 4.69) is 11.8 Å². The van der Waals surface area contributed by atoms with Crippen molar-refractivity contribution < 1.29 is 14.7 Å². The van der Waals surface area contributed by atoms with E-state index < -0.39 is 11.9 Å². The van der Waals surface area contributed by atoms with E-state index in [4.69, 9.17) is 5.11 Å². The van der Waals surface area contributed by atoms with Gasteiger partial charge in [-0.2, -0.15) is 0 Å². The summed E-state index contributed by atoms with van der Waals surface area (Å²) in [5.74, 6) is 3.95. The third-order valence-corrected chi connectivity index (χ3v) is 3.42. The van der Waals surface area contributed by atoms with Crippen LogP contribution >= 0.6 is 0 Å². The molecule has 1 amide bonds. The van der Waals surface area contributed by atoms with Crippen molar-refractivity contribution in [3.8, 4) is 11.8 Å². The maximum Gasteiger partial charge on any atom is 0.308 e. The van der Waals surface area contributed by atoms with E-state index in [1.54, 1.807) is 0 Å². The molecule has 0 bridgehead atoms. The van der Waals surface area contributed by atoms with E-state index in [9.17, 15) is 9.59 Å². The molecule has 1 fully saturated rings. The Balaban J connectivity index is 2.63. The molecular formula is C13H20N2O3. The predicted molar refractivity (Wildman–Crippen MR) is 67.9 cm³/mol. The lowest BCUT2D eigenvalue weighted by atomic mass is 10.1. The van der Waals surface area contributed by atoms with Crippen LogP contribution in [0, 0.1) is 17.8 Å². The molecule has 1 aliphatic heterocycles. The van der Waals surface area contributed by atoms with E-state index >= 15 is 0 Å². The van der Waals surface area contributed by atoms with Crippen molar-refractivity contribution in [3.05, 3.63) is 0 Å². The molecule has 1 atom stereocenters. The summed E-state index contributed by atoms with van der Waals surface area (Å²) in [6.45, 7) is 4.60. The molecule has 18 heavy (non-hydrogen) atoms. The highest BCUT2D eigenvalue weighted by Gasteiger charge is 2.30. The van der Waals surface area contributed by atoms with Crippen LogP contribution < -0.4 is 0 Å². The van der Waals surface area contributed by atoms with Gasteiger partial charge in [0.2, 0.25) is 0 Å². The minimum Gasteiger partial charge on any atom is -0.481 e. The fraction of sp³-hybridized carbons (Fsp3) is 0.692. The van der Waals surface area contributed by atoms with Crippen molar-refractivity contribution >= 4 is 11.9 Å². The molecule has 1 aliphatic rings. The molecular weight excluding hydrogens is 232 g/mol. The number of carbonyl (C=O) groups is 2. The Kier molecular flexibility index (Phi) is 4.36. The van der Waals surface area contributed by atoms with Crippen molar-refractivity contribution in [2.45, 2.75) is 25.8 Å². The van der Waals surface area contributed by atoms with Gasteiger partial charge in [-0.1, -0.05) is 5.92 Å². The summed E-state index contributed by atoms with van der Waals surface area (Å²) in [6.07, 6.45) is 0.514. The Morgan fingerprint density at radius 3 is 2.44 bits per heavy atom. The van der Waals surface area contributed by atoms with Crippen LogP contribution in [-0.2, 0) is 9.59 Å². The Morgan fingerprint density at radius 1 is 1.39 bits per heavy atom. The van der Waals surface area contributed by atoms with E-state index in [1.807, 2.05) is 32.8 Å². The van der Waals surface area contributed by atoms with Crippen LogP contribution in [0.4, 0.5) is 0 Å². The molecule has 5 heteroatoms. The van der Waals surface area contributed by atoms with Gasteiger partial charge in [-0.05, 0) is 40.3 Å². The van der Waals surface area contributed by atoms with Crippen LogP contribution in [0.1, 0.15) is 20.3 Å². The monoisotopic (exact) mass is 252 g/mol. The van der Waals surface area contributed by atoms with E-state index in [0.29, 0.717) is 13.0 Å². The zero-order chi connectivity index (χ0) is 13.9. The third-order valence-electron chi connectivity index (χ3n) is 3.42. The highest BCUT2D eigenvalue weighted by Crippen LogP contribution is 2.16. The fourth-order valence-electron chi connectivity index (χ4n) is 1.54. The highest BCUT2D eigenvalue weighted by molar-refractivity contribution is 5.94. The summed E-state index contributed by atoms with van der Waals surface area (Å²) < 4.78 is 0. The average molecular weight is 252 g/mol. The lowest BCUT2D eigenvalue weighted by Gasteiger charge is -2.26. The average Bonchev–Trinajstić information content (AvgIpc) is 2.75. The van der Waals surface area contributed by atoms with Crippen molar-refractivity contribution in [1.29, 1.82) is 0 Å². The first kappa shape index (κ1) is 14.5. The second-order valence-corrected chi connectivity index (χ2v) is 5.28. The molecule has 0 aliphatic carbocycles. The zero-order valence-electron chi connectivity index (χ0n) is 11.4. The fourth-order valence-corrected chi connectivity index (χ4v) is 1.54. The van der Waals surface area contributed by atoms with Gasteiger partial charge in [0, 0.05) is 13.1 Å². The SMILES string of the molecule is CN(C)C(C)(C)C#CC(=O)N1CC[C@H](C(=O)O)C1. The van der Waals surface area contributed by atoms with E-state index in [0.717, 1.165) is 0 Å². The number of carboxylic acids is 1. The first-order valence-corrected chi connectivity index (χ1v) is 5.96. The smallest absolute Gasteiger partial charge is 0.308 e. The van der Waals surface area contributed by atoms with Crippen LogP contribution in [-0.4, -0.2) is 59.5 Å². The minimum absolute atomic E-state index is 0.269. The first-order chi connectivity index (χ1) is 8.24. The Hall–Kier alpha value is -1.54. The molecule has 0 aromatic carbocycles.